The molecule has 0 saturated carbocycles. The molecule has 1 N–H and O–H groups in total. The van der Waals surface area contributed by atoms with Crippen molar-refractivity contribution in [1.29, 1.82) is 5.26 Å². The van der Waals surface area contributed by atoms with Crippen molar-refractivity contribution in [3.8, 4) is 23.3 Å². The van der Waals surface area contributed by atoms with E-state index in [0.717, 1.165) is 0 Å². The second kappa shape index (κ2) is 7.04. The lowest BCUT2D eigenvalue weighted by Gasteiger charge is -2.09. The zero-order valence-corrected chi connectivity index (χ0v) is 11.5. The molecule has 0 radical (unpaired) electrons. The van der Waals surface area contributed by atoms with Gasteiger partial charge in [-0.1, -0.05) is 0 Å². The Balaban J connectivity index is 3.26. The summed E-state index contributed by atoms with van der Waals surface area (Å²) in [5, 5.41) is 18.7. The largest absolute Gasteiger partial charge is 0.502 e. The van der Waals surface area contributed by atoms with Gasteiger partial charge in [0.25, 0.3) is 0 Å². The van der Waals surface area contributed by atoms with Gasteiger partial charge in [-0.25, -0.2) is 4.79 Å². The third-order valence-electron chi connectivity index (χ3n) is 2.43. The van der Waals surface area contributed by atoms with Gasteiger partial charge < -0.3 is 19.3 Å². The number of methoxy groups -OCH3 is 2. The van der Waals surface area contributed by atoms with Crippen molar-refractivity contribution in [2.75, 3.05) is 20.8 Å². The predicted molar refractivity (Wildman–Crippen MR) is 71.4 cm³/mol. The topological polar surface area (TPSA) is 88.8 Å². The number of benzene rings is 1. The lowest BCUT2D eigenvalue weighted by molar-refractivity contribution is -0.137. The Morgan fingerprint density at radius 3 is 2.30 bits per heavy atom. The van der Waals surface area contributed by atoms with Crippen LogP contribution in [0.5, 0.6) is 17.2 Å². The van der Waals surface area contributed by atoms with Crippen LogP contribution < -0.4 is 9.47 Å². The summed E-state index contributed by atoms with van der Waals surface area (Å²) in [5.41, 5.74) is 0.322. The van der Waals surface area contributed by atoms with E-state index >= 15 is 0 Å². The van der Waals surface area contributed by atoms with Crippen molar-refractivity contribution >= 4 is 12.0 Å². The molecule has 0 bridgehead atoms. The molecular weight excluding hydrogens is 262 g/mol. The summed E-state index contributed by atoms with van der Waals surface area (Å²) in [7, 11) is 2.77. The Kier molecular flexibility index (Phi) is 5.42. The Labute approximate surface area is 116 Å². The SMILES string of the molecule is CCOC(=O)C(C#N)=Cc1cc(OC)c(O)c(OC)c1. The molecule has 106 valence electrons. The fourth-order valence-electron chi connectivity index (χ4n) is 1.51. The van der Waals surface area contributed by atoms with Crippen LogP contribution in [-0.4, -0.2) is 31.9 Å². The molecule has 0 spiro atoms. The first kappa shape index (κ1) is 15.4. The summed E-state index contributed by atoms with van der Waals surface area (Å²) < 4.78 is 14.7. The molecule has 0 atom stereocenters. The lowest BCUT2D eigenvalue weighted by Crippen LogP contribution is -2.06. The van der Waals surface area contributed by atoms with E-state index in [0.29, 0.717) is 5.56 Å². The van der Waals surface area contributed by atoms with E-state index in [1.165, 1.54) is 32.4 Å². The number of phenols is 1. The highest BCUT2D eigenvalue weighted by molar-refractivity contribution is 5.98. The maximum Gasteiger partial charge on any atom is 0.348 e. The average Bonchev–Trinajstić information content (AvgIpc) is 2.46. The summed E-state index contributed by atoms with van der Waals surface area (Å²) >= 11 is 0. The number of rotatable bonds is 5. The van der Waals surface area contributed by atoms with Gasteiger partial charge >= 0.3 is 5.97 Å². The third kappa shape index (κ3) is 3.42. The van der Waals surface area contributed by atoms with E-state index in [4.69, 9.17) is 19.5 Å². The van der Waals surface area contributed by atoms with Gasteiger partial charge in [0, 0.05) is 0 Å². The smallest absolute Gasteiger partial charge is 0.348 e. The van der Waals surface area contributed by atoms with Gasteiger partial charge in [0.1, 0.15) is 11.6 Å². The molecule has 6 heteroatoms. The normalized spacial score (nSPS) is 10.6. The molecule has 1 aromatic carbocycles. The van der Waals surface area contributed by atoms with Crippen molar-refractivity contribution in [3.63, 3.8) is 0 Å². The molecule has 1 aromatic rings. The molecule has 0 aliphatic heterocycles. The van der Waals surface area contributed by atoms with Gasteiger partial charge in [-0.15, -0.1) is 0 Å². The number of aromatic hydroxyl groups is 1. The van der Waals surface area contributed by atoms with Crippen LogP contribution in [0.3, 0.4) is 0 Å². The van der Waals surface area contributed by atoms with Crippen LogP contribution in [0.1, 0.15) is 12.5 Å². The van der Waals surface area contributed by atoms with E-state index in [1.54, 1.807) is 13.0 Å². The Hall–Kier alpha value is -2.68. The van der Waals surface area contributed by atoms with Crippen LogP contribution in [0.2, 0.25) is 0 Å². The van der Waals surface area contributed by atoms with Gasteiger partial charge in [-0.3, -0.25) is 0 Å². The van der Waals surface area contributed by atoms with Gasteiger partial charge in [0.15, 0.2) is 11.5 Å². The average molecular weight is 277 g/mol. The summed E-state index contributed by atoms with van der Waals surface area (Å²) in [6.45, 7) is 1.83. The quantitative estimate of drug-likeness (QED) is 0.502. The van der Waals surface area contributed by atoms with E-state index in [-0.39, 0.29) is 29.4 Å². The highest BCUT2D eigenvalue weighted by Crippen LogP contribution is 2.37. The van der Waals surface area contributed by atoms with E-state index in [9.17, 15) is 9.90 Å². The van der Waals surface area contributed by atoms with Crippen molar-refractivity contribution in [1.82, 2.24) is 0 Å². The molecule has 0 aliphatic carbocycles. The summed E-state index contributed by atoms with van der Waals surface area (Å²) in [5.74, 6) is -0.503. The summed E-state index contributed by atoms with van der Waals surface area (Å²) in [6.07, 6.45) is 1.34. The van der Waals surface area contributed by atoms with E-state index in [2.05, 4.69) is 0 Å². The molecule has 20 heavy (non-hydrogen) atoms. The zero-order valence-electron chi connectivity index (χ0n) is 11.5. The monoisotopic (exact) mass is 277 g/mol. The maximum absolute atomic E-state index is 11.5. The number of nitriles is 1. The second-order valence-electron chi connectivity index (χ2n) is 3.66. The first-order valence-electron chi connectivity index (χ1n) is 5.81. The Morgan fingerprint density at radius 1 is 1.35 bits per heavy atom. The van der Waals surface area contributed by atoms with Crippen molar-refractivity contribution < 1.29 is 24.1 Å². The molecule has 0 aromatic heterocycles. The molecule has 1 rings (SSSR count). The molecule has 0 unspecified atom stereocenters. The number of phenolic OH excluding ortho intramolecular Hbond substituents is 1. The predicted octanol–water partition coefficient (Wildman–Crippen LogP) is 1.88. The number of hydrogen-bond acceptors (Lipinski definition) is 6. The highest BCUT2D eigenvalue weighted by Gasteiger charge is 2.13. The number of esters is 1. The fourth-order valence-corrected chi connectivity index (χ4v) is 1.51. The van der Waals surface area contributed by atoms with Crippen LogP contribution in [0.25, 0.3) is 6.08 Å². The molecule has 0 aliphatic rings. The van der Waals surface area contributed by atoms with Crippen LogP contribution in [0.4, 0.5) is 0 Å². The van der Waals surface area contributed by atoms with Crippen molar-refractivity contribution in [3.05, 3.63) is 23.3 Å². The minimum Gasteiger partial charge on any atom is -0.502 e. The second-order valence-corrected chi connectivity index (χ2v) is 3.66. The minimum absolute atomic E-state index is 0.151. The highest BCUT2D eigenvalue weighted by atomic mass is 16.5. The fraction of sp³-hybridized carbons (Fsp3) is 0.286. The molecule has 0 saturated heterocycles. The molecule has 0 heterocycles. The standard InChI is InChI=1S/C14H15NO5/c1-4-20-14(17)10(8-15)5-9-6-11(18-2)13(16)12(7-9)19-3/h5-7,16H,4H2,1-3H3. The first-order chi connectivity index (χ1) is 9.57. The number of nitrogens with zero attached hydrogens (tertiary/aromatic N) is 1. The van der Waals surface area contributed by atoms with Gasteiger partial charge in [-0.2, -0.15) is 5.26 Å². The summed E-state index contributed by atoms with van der Waals surface area (Å²) in [4.78, 5) is 11.5. The Morgan fingerprint density at radius 2 is 1.90 bits per heavy atom. The molecule has 0 amide bonds. The van der Waals surface area contributed by atoms with Crippen LogP contribution in [0, 0.1) is 11.3 Å². The molecule has 0 fully saturated rings. The lowest BCUT2D eigenvalue weighted by atomic mass is 10.1. The van der Waals surface area contributed by atoms with Crippen LogP contribution in [0.15, 0.2) is 17.7 Å². The summed E-state index contributed by atoms with van der Waals surface area (Å²) in [6, 6.07) is 4.73. The van der Waals surface area contributed by atoms with Gasteiger partial charge in [-0.05, 0) is 30.7 Å². The molecular formula is C14H15NO5. The number of carbonyl (C=O) groups excluding carboxylic acids is 1. The van der Waals surface area contributed by atoms with Crippen LogP contribution in [-0.2, 0) is 9.53 Å². The Bertz CT molecular complexity index is 546. The molecule has 6 nitrogen and oxygen atoms in total. The third-order valence-corrected chi connectivity index (χ3v) is 2.43. The van der Waals surface area contributed by atoms with E-state index in [1.807, 2.05) is 0 Å². The van der Waals surface area contributed by atoms with Crippen LogP contribution >= 0.6 is 0 Å². The number of hydrogen-bond donors (Lipinski definition) is 1. The first-order valence-corrected chi connectivity index (χ1v) is 5.81. The van der Waals surface area contributed by atoms with Crippen molar-refractivity contribution in [2.45, 2.75) is 6.92 Å². The van der Waals surface area contributed by atoms with E-state index < -0.39 is 5.97 Å². The van der Waals surface area contributed by atoms with Gasteiger partial charge in [0.05, 0.1) is 20.8 Å². The van der Waals surface area contributed by atoms with Gasteiger partial charge in [0.2, 0.25) is 5.75 Å². The zero-order chi connectivity index (χ0) is 15.1. The number of carbonyl (C=O) groups is 1. The number of ether oxygens (including phenoxy) is 3. The minimum atomic E-state index is -0.707. The van der Waals surface area contributed by atoms with Crippen molar-refractivity contribution in [2.24, 2.45) is 0 Å². The maximum atomic E-state index is 11.5.